The molecular formula is C18H20ClN5. The van der Waals surface area contributed by atoms with Gasteiger partial charge in [-0.25, -0.2) is 4.99 Å². The van der Waals surface area contributed by atoms with Gasteiger partial charge in [-0.2, -0.15) is 0 Å². The van der Waals surface area contributed by atoms with E-state index in [9.17, 15) is 0 Å². The number of rotatable bonds is 0. The molecule has 3 unspecified atom stereocenters. The smallest absolute Gasteiger partial charge is 0.176 e. The van der Waals surface area contributed by atoms with Crippen LogP contribution in [-0.4, -0.2) is 47.8 Å². The first-order valence-corrected chi connectivity index (χ1v) is 8.92. The SMILES string of the molecule is CC1=CN2C(=NC1C)C(N1CC3CC1CN3)=Nc1ccc(Cl)cc12. The zero-order chi connectivity index (χ0) is 16.4. The van der Waals surface area contributed by atoms with E-state index in [1.165, 1.54) is 12.0 Å². The number of halogens is 1. The van der Waals surface area contributed by atoms with Gasteiger partial charge in [0.25, 0.3) is 0 Å². The largest absolute Gasteiger partial charge is 0.348 e. The lowest BCUT2D eigenvalue weighted by molar-refractivity contribution is 0.347. The average Bonchev–Trinajstić information content (AvgIpc) is 3.19. The first kappa shape index (κ1) is 14.5. The zero-order valence-corrected chi connectivity index (χ0v) is 14.6. The minimum atomic E-state index is 0.181. The third-order valence-corrected chi connectivity index (χ3v) is 5.72. The quantitative estimate of drug-likeness (QED) is 0.789. The van der Waals surface area contributed by atoms with Crippen molar-refractivity contribution in [1.82, 2.24) is 10.2 Å². The van der Waals surface area contributed by atoms with E-state index in [4.69, 9.17) is 21.6 Å². The first-order valence-electron chi connectivity index (χ1n) is 8.54. The van der Waals surface area contributed by atoms with Gasteiger partial charge >= 0.3 is 0 Å². The van der Waals surface area contributed by atoms with E-state index in [1.807, 2.05) is 18.2 Å². The number of anilines is 1. The van der Waals surface area contributed by atoms with Gasteiger partial charge in [-0.1, -0.05) is 11.6 Å². The molecule has 5 rings (SSSR count). The molecule has 124 valence electrons. The second kappa shape index (κ2) is 5.07. The normalized spacial score (nSPS) is 30.6. The van der Waals surface area contributed by atoms with Crippen LogP contribution in [-0.2, 0) is 0 Å². The highest BCUT2D eigenvalue weighted by Crippen LogP contribution is 2.39. The van der Waals surface area contributed by atoms with Crippen molar-refractivity contribution in [2.45, 2.75) is 38.4 Å². The Bertz CT molecular complexity index is 812. The highest BCUT2D eigenvalue weighted by Gasteiger charge is 2.43. The maximum atomic E-state index is 6.23. The summed E-state index contributed by atoms with van der Waals surface area (Å²) in [5, 5.41) is 4.28. The molecule has 0 saturated carbocycles. The van der Waals surface area contributed by atoms with Gasteiger partial charge in [0.15, 0.2) is 11.7 Å². The van der Waals surface area contributed by atoms with E-state index >= 15 is 0 Å². The second-order valence-electron chi connectivity index (χ2n) is 7.09. The van der Waals surface area contributed by atoms with Gasteiger partial charge in [-0.05, 0) is 44.0 Å². The molecule has 2 saturated heterocycles. The Morgan fingerprint density at radius 3 is 2.92 bits per heavy atom. The number of benzene rings is 1. The van der Waals surface area contributed by atoms with E-state index in [0.717, 1.165) is 41.2 Å². The van der Waals surface area contributed by atoms with E-state index in [2.05, 4.69) is 35.2 Å². The lowest BCUT2D eigenvalue weighted by Gasteiger charge is -2.39. The summed E-state index contributed by atoms with van der Waals surface area (Å²) in [5.74, 6) is 1.96. The summed E-state index contributed by atoms with van der Waals surface area (Å²) in [5.41, 5.74) is 3.22. The molecule has 24 heavy (non-hydrogen) atoms. The Hall–Kier alpha value is -1.85. The average molecular weight is 342 g/mol. The third-order valence-electron chi connectivity index (χ3n) is 5.49. The summed E-state index contributed by atoms with van der Waals surface area (Å²) in [7, 11) is 0. The van der Waals surface area contributed by atoms with Crippen LogP contribution >= 0.6 is 11.6 Å². The van der Waals surface area contributed by atoms with E-state index in [-0.39, 0.29) is 6.04 Å². The van der Waals surface area contributed by atoms with Crippen LogP contribution in [0.5, 0.6) is 0 Å². The summed E-state index contributed by atoms with van der Waals surface area (Å²) >= 11 is 6.23. The standard InChI is InChI=1S/C18H20ClN5/c1-10-8-24-16-5-12(19)3-4-15(16)22-18(17(24)21-11(10)2)23-9-13-6-14(23)7-20-13/h3-5,8,11,13-14,20H,6-7,9H2,1-2H3. The summed E-state index contributed by atoms with van der Waals surface area (Å²) in [6.45, 7) is 6.31. The number of hydrogen-bond acceptors (Lipinski definition) is 5. The molecule has 0 amide bonds. The Balaban J connectivity index is 1.66. The summed E-state index contributed by atoms with van der Waals surface area (Å²) in [4.78, 5) is 14.5. The molecule has 0 radical (unpaired) electrons. The summed E-state index contributed by atoms with van der Waals surface area (Å²) in [6, 6.07) is 7.17. The van der Waals surface area contributed by atoms with Crippen LogP contribution in [0.4, 0.5) is 11.4 Å². The number of nitrogens with one attached hydrogen (secondary N) is 1. The molecule has 6 heteroatoms. The lowest BCUT2D eigenvalue weighted by Crippen LogP contribution is -2.53. The number of piperazine rings is 1. The molecular weight excluding hydrogens is 322 g/mol. The van der Waals surface area contributed by atoms with Crippen LogP contribution in [0.2, 0.25) is 5.02 Å². The molecule has 0 aromatic heterocycles. The van der Waals surface area contributed by atoms with Gasteiger partial charge in [0, 0.05) is 36.4 Å². The number of aliphatic imine (C=N–C) groups is 2. The van der Waals surface area contributed by atoms with Gasteiger partial charge in [0.1, 0.15) is 0 Å². The monoisotopic (exact) mass is 341 g/mol. The molecule has 4 heterocycles. The fraction of sp³-hybridized carbons (Fsp3) is 0.444. The molecule has 1 N–H and O–H groups in total. The molecule has 2 bridgehead atoms. The van der Waals surface area contributed by atoms with Crippen LogP contribution in [0.25, 0.3) is 0 Å². The van der Waals surface area contributed by atoms with E-state index in [0.29, 0.717) is 12.1 Å². The molecule has 1 aromatic rings. The highest BCUT2D eigenvalue weighted by atomic mass is 35.5. The molecule has 0 spiro atoms. The van der Waals surface area contributed by atoms with Crippen LogP contribution in [0, 0.1) is 0 Å². The molecule has 3 atom stereocenters. The summed E-state index contributed by atoms with van der Waals surface area (Å²) in [6.07, 6.45) is 3.38. The van der Waals surface area contributed by atoms with Crippen molar-refractivity contribution in [2.24, 2.45) is 9.98 Å². The number of amidine groups is 2. The predicted molar refractivity (Wildman–Crippen MR) is 98.6 cm³/mol. The fourth-order valence-corrected chi connectivity index (χ4v) is 4.20. The number of nitrogens with zero attached hydrogens (tertiary/aromatic N) is 4. The third kappa shape index (κ3) is 2.04. The van der Waals surface area contributed by atoms with Gasteiger partial charge < -0.3 is 10.2 Å². The van der Waals surface area contributed by atoms with Crippen LogP contribution in [0.1, 0.15) is 20.3 Å². The van der Waals surface area contributed by atoms with Crippen LogP contribution < -0.4 is 10.2 Å². The Kier molecular flexibility index (Phi) is 3.06. The molecule has 1 aromatic carbocycles. The van der Waals surface area contributed by atoms with E-state index in [1.54, 1.807) is 0 Å². The Morgan fingerprint density at radius 2 is 2.17 bits per heavy atom. The topological polar surface area (TPSA) is 43.2 Å². The zero-order valence-electron chi connectivity index (χ0n) is 13.8. The predicted octanol–water partition coefficient (Wildman–Crippen LogP) is 2.94. The Labute approximate surface area is 146 Å². The second-order valence-corrected chi connectivity index (χ2v) is 7.52. The van der Waals surface area contributed by atoms with Gasteiger partial charge in [0.05, 0.1) is 17.4 Å². The van der Waals surface area contributed by atoms with Gasteiger partial charge in [-0.15, -0.1) is 0 Å². The Morgan fingerprint density at radius 1 is 1.29 bits per heavy atom. The van der Waals surface area contributed by atoms with Crippen molar-refractivity contribution >= 4 is 34.6 Å². The van der Waals surface area contributed by atoms with Crippen LogP contribution in [0.15, 0.2) is 40.0 Å². The lowest BCUT2D eigenvalue weighted by atomic mass is 10.1. The van der Waals surface area contributed by atoms with Crippen molar-refractivity contribution in [3.63, 3.8) is 0 Å². The molecule has 2 fully saturated rings. The van der Waals surface area contributed by atoms with Crippen molar-refractivity contribution in [3.05, 3.63) is 35.0 Å². The van der Waals surface area contributed by atoms with Crippen molar-refractivity contribution < 1.29 is 0 Å². The highest BCUT2D eigenvalue weighted by molar-refractivity contribution is 6.48. The van der Waals surface area contributed by atoms with Crippen molar-refractivity contribution in [1.29, 1.82) is 0 Å². The molecule has 0 aliphatic carbocycles. The number of fused-ring (bicyclic) bond motifs is 5. The fourth-order valence-electron chi connectivity index (χ4n) is 4.03. The molecule has 5 nitrogen and oxygen atoms in total. The van der Waals surface area contributed by atoms with Gasteiger partial charge in [-0.3, -0.25) is 9.89 Å². The number of hydrogen-bond donors (Lipinski definition) is 1. The minimum Gasteiger partial charge on any atom is -0.348 e. The van der Waals surface area contributed by atoms with Crippen molar-refractivity contribution in [3.8, 4) is 0 Å². The van der Waals surface area contributed by atoms with Crippen molar-refractivity contribution in [2.75, 3.05) is 18.0 Å². The molecule has 4 aliphatic heterocycles. The maximum Gasteiger partial charge on any atom is 0.176 e. The van der Waals surface area contributed by atoms with Gasteiger partial charge in [0.2, 0.25) is 0 Å². The minimum absolute atomic E-state index is 0.181. The summed E-state index contributed by atoms with van der Waals surface area (Å²) < 4.78 is 0. The van der Waals surface area contributed by atoms with E-state index < -0.39 is 0 Å². The van der Waals surface area contributed by atoms with Crippen LogP contribution in [0.3, 0.4) is 0 Å². The molecule has 4 aliphatic rings. The number of likely N-dealkylation sites (tertiary alicyclic amines) is 1. The first-order chi connectivity index (χ1) is 11.6. The maximum absolute atomic E-state index is 6.23.